The highest BCUT2D eigenvalue weighted by molar-refractivity contribution is 7.89. The smallest absolute Gasteiger partial charge is 0.271 e. The van der Waals surface area contributed by atoms with Gasteiger partial charge in [-0.2, -0.15) is 9.40 Å². The van der Waals surface area contributed by atoms with Gasteiger partial charge in [0.05, 0.1) is 24.8 Å². The number of benzene rings is 2. The van der Waals surface area contributed by atoms with Crippen molar-refractivity contribution in [1.82, 2.24) is 19.4 Å². The van der Waals surface area contributed by atoms with Crippen LogP contribution in [0.2, 0.25) is 0 Å². The fourth-order valence-electron chi connectivity index (χ4n) is 3.62. The van der Waals surface area contributed by atoms with Gasteiger partial charge in [0, 0.05) is 37.8 Å². The average molecular weight is 457 g/mol. The molecular formula is C22H24N4O5S. The van der Waals surface area contributed by atoms with Gasteiger partial charge in [0.25, 0.3) is 5.91 Å². The predicted molar refractivity (Wildman–Crippen MR) is 118 cm³/mol. The number of rotatable bonds is 6. The van der Waals surface area contributed by atoms with E-state index in [1.807, 2.05) is 30.3 Å². The van der Waals surface area contributed by atoms with Crippen molar-refractivity contribution in [3.05, 3.63) is 60.3 Å². The number of aromatic nitrogens is 2. The van der Waals surface area contributed by atoms with Crippen LogP contribution >= 0.6 is 0 Å². The van der Waals surface area contributed by atoms with Crippen molar-refractivity contribution < 1.29 is 22.7 Å². The van der Waals surface area contributed by atoms with Gasteiger partial charge in [-0.1, -0.05) is 30.3 Å². The van der Waals surface area contributed by atoms with Gasteiger partial charge in [-0.25, -0.2) is 8.42 Å². The first-order valence-electron chi connectivity index (χ1n) is 10.1. The molecule has 0 unspecified atom stereocenters. The number of carbonyl (C=O) groups excluding carboxylic acids is 1. The number of nitrogens with one attached hydrogen (secondary N) is 1. The summed E-state index contributed by atoms with van der Waals surface area (Å²) in [5.74, 6) is 0.593. The van der Waals surface area contributed by atoms with Gasteiger partial charge < -0.3 is 14.4 Å². The van der Waals surface area contributed by atoms with Crippen molar-refractivity contribution in [2.24, 2.45) is 0 Å². The molecule has 0 aliphatic carbocycles. The van der Waals surface area contributed by atoms with Crippen LogP contribution in [0.4, 0.5) is 0 Å². The van der Waals surface area contributed by atoms with E-state index in [-0.39, 0.29) is 37.0 Å². The molecule has 1 aromatic heterocycles. The number of amides is 1. The molecule has 0 radical (unpaired) electrons. The number of H-pyrrole nitrogens is 1. The lowest BCUT2D eigenvalue weighted by Gasteiger charge is -2.33. The van der Waals surface area contributed by atoms with Gasteiger partial charge >= 0.3 is 0 Å². The molecule has 10 heteroatoms. The number of sulfonamides is 1. The third-order valence-corrected chi connectivity index (χ3v) is 7.29. The van der Waals surface area contributed by atoms with Crippen LogP contribution in [0.1, 0.15) is 10.5 Å². The van der Waals surface area contributed by atoms with Crippen molar-refractivity contribution in [2.75, 3.05) is 40.4 Å². The van der Waals surface area contributed by atoms with Crippen molar-refractivity contribution in [2.45, 2.75) is 4.90 Å². The summed E-state index contributed by atoms with van der Waals surface area (Å²) in [5, 5.41) is 7.02. The minimum atomic E-state index is -3.73. The van der Waals surface area contributed by atoms with Crippen molar-refractivity contribution in [3.8, 4) is 22.8 Å². The highest BCUT2D eigenvalue weighted by atomic mass is 32.2. The SMILES string of the molecule is COc1ccc(S(=O)(=O)N2CCN(C(=O)c3cc(-c4ccccc4)n[nH]3)CC2)cc1OC. The number of piperazine rings is 1. The zero-order valence-electron chi connectivity index (χ0n) is 17.8. The number of methoxy groups -OCH3 is 2. The van der Waals surface area contributed by atoms with Crippen molar-refractivity contribution in [3.63, 3.8) is 0 Å². The summed E-state index contributed by atoms with van der Waals surface area (Å²) in [4.78, 5) is 14.6. The second-order valence-electron chi connectivity index (χ2n) is 7.25. The molecule has 3 aromatic rings. The maximum absolute atomic E-state index is 13.1. The topological polar surface area (TPSA) is 105 Å². The van der Waals surface area contributed by atoms with Gasteiger partial charge in [-0.3, -0.25) is 9.89 Å². The monoisotopic (exact) mass is 456 g/mol. The van der Waals surface area contributed by atoms with E-state index in [1.165, 1.54) is 30.7 Å². The molecule has 1 amide bonds. The molecule has 1 aliphatic rings. The molecule has 0 spiro atoms. The number of aromatic amines is 1. The molecule has 1 fully saturated rings. The normalized spacial score (nSPS) is 14.9. The molecule has 2 aromatic carbocycles. The van der Waals surface area contributed by atoms with Gasteiger partial charge in [0.2, 0.25) is 10.0 Å². The predicted octanol–water partition coefficient (Wildman–Crippen LogP) is 2.24. The Labute approximate surface area is 186 Å². The van der Waals surface area contributed by atoms with E-state index in [1.54, 1.807) is 17.0 Å². The van der Waals surface area contributed by atoms with Crippen LogP contribution in [0.15, 0.2) is 59.5 Å². The number of ether oxygens (including phenoxy) is 2. The second kappa shape index (κ2) is 9.01. The number of hydrogen-bond donors (Lipinski definition) is 1. The van der Waals surface area contributed by atoms with Crippen molar-refractivity contribution in [1.29, 1.82) is 0 Å². The first kappa shape index (κ1) is 21.8. The molecule has 32 heavy (non-hydrogen) atoms. The third-order valence-electron chi connectivity index (χ3n) is 5.40. The Bertz CT molecular complexity index is 1200. The summed E-state index contributed by atoms with van der Waals surface area (Å²) in [6.07, 6.45) is 0. The van der Waals surface area contributed by atoms with E-state index < -0.39 is 10.0 Å². The summed E-state index contributed by atoms with van der Waals surface area (Å²) in [7, 11) is -0.779. The summed E-state index contributed by atoms with van der Waals surface area (Å²) in [6, 6.07) is 15.8. The molecule has 1 aliphatic heterocycles. The maximum atomic E-state index is 13.1. The van der Waals surface area contributed by atoms with E-state index in [2.05, 4.69) is 10.2 Å². The molecule has 168 valence electrons. The minimum Gasteiger partial charge on any atom is -0.493 e. The lowest BCUT2D eigenvalue weighted by Crippen LogP contribution is -2.50. The van der Waals surface area contributed by atoms with E-state index in [9.17, 15) is 13.2 Å². The summed E-state index contributed by atoms with van der Waals surface area (Å²) in [5.41, 5.74) is 1.97. The van der Waals surface area contributed by atoms with Crippen molar-refractivity contribution >= 4 is 15.9 Å². The van der Waals surface area contributed by atoms with E-state index in [4.69, 9.17) is 9.47 Å². The zero-order valence-corrected chi connectivity index (χ0v) is 18.6. The van der Waals surface area contributed by atoms with Crippen LogP contribution in [0.3, 0.4) is 0 Å². The fourth-order valence-corrected chi connectivity index (χ4v) is 5.05. The largest absolute Gasteiger partial charge is 0.493 e. The third kappa shape index (κ3) is 4.19. The Kier molecular flexibility index (Phi) is 6.15. The van der Waals surface area contributed by atoms with Gasteiger partial charge in [0.15, 0.2) is 11.5 Å². The molecule has 0 atom stereocenters. The van der Waals surface area contributed by atoms with Crippen LogP contribution in [0.5, 0.6) is 11.5 Å². The fraction of sp³-hybridized carbons (Fsp3) is 0.273. The van der Waals surface area contributed by atoms with E-state index in [0.29, 0.717) is 22.9 Å². The van der Waals surface area contributed by atoms with Crippen LogP contribution in [-0.2, 0) is 10.0 Å². The van der Waals surface area contributed by atoms with Gasteiger partial charge in [-0.15, -0.1) is 0 Å². The van der Waals surface area contributed by atoms with Crippen LogP contribution in [-0.4, -0.2) is 74.1 Å². The van der Waals surface area contributed by atoms with Gasteiger partial charge in [0.1, 0.15) is 5.69 Å². The minimum absolute atomic E-state index is 0.121. The Morgan fingerprint density at radius 3 is 2.28 bits per heavy atom. The highest BCUT2D eigenvalue weighted by Crippen LogP contribution is 2.31. The Morgan fingerprint density at radius 1 is 0.938 bits per heavy atom. The number of carbonyl (C=O) groups is 1. The molecule has 1 saturated heterocycles. The molecule has 0 saturated carbocycles. The zero-order chi connectivity index (χ0) is 22.7. The summed E-state index contributed by atoms with van der Waals surface area (Å²) in [6.45, 7) is 0.959. The Morgan fingerprint density at radius 2 is 1.62 bits per heavy atom. The highest BCUT2D eigenvalue weighted by Gasteiger charge is 2.31. The first-order valence-corrected chi connectivity index (χ1v) is 11.5. The maximum Gasteiger partial charge on any atom is 0.271 e. The second-order valence-corrected chi connectivity index (χ2v) is 9.18. The average Bonchev–Trinajstić information content (AvgIpc) is 3.34. The molecule has 4 rings (SSSR count). The first-order chi connectivity index (χ1) is 15.4. The quantitative estimate of drug-likeness (QED) is 0.610. The molecular weight excluding hydrogens is 432 g/mol. The molecule has 9 nitrogen and oxygen atoms in total. The number of nitrogens with zero attached hydrogens (tertiary/aromatic N) is 3. The van der Waals surface area contributed by atoms with E-state index in [0.717, 1.165) is 5.56 Å². The summed E-state index contributed by atoms with van der Waals surface area (Å²) < 4.78 is 37.9. The molecule has 0 bridgehead atoms. The molecule has 1 N–H and O–H groups in total. The Hall–Kier alpha value is -3.37. The van der Waals surface area contributed by atoms with Crippen LogP contribution < -0.4 is 9.47 Å². The van der Waals surface area contributed by atoms with Crippen LogP contribution in [0, 0.1) is 0 Å². The number of hydrogen-bond acceptors (Lipinski definition) is 6. The van der Waals surface area contributed by atoms with E-state index >= 15 is 0 Å². The standard InChI is InChI=1S/C22H24N4O5S/c1-30-20-9-8-17(14-21(20)31-2)32(28,29)26-12-10-25(11-13-26)22(27)19-15-18(23-24-19)16-6-4-3-5-7-16/h3-9,14-15H,10-13H2,1-2H3,(H,23,24). The lowest BCUT2D eigenvalue weighted by atomic mass is 10.1. The Balaban J connectivity index is 1.44. The van der Waals surface area contributed by atoms with Gasteiger partial charge in [-0.05, 0) is 18.2 Å². The molecule has 2 heterocycles. The summed E-state index contributed by atoms with van der Waals surface area (Å²) >= 11 is 0. The lowest BCUT2D eigenvalue weighted by molar-refractivity contribution is 0.0692. The van der Waals surface area contributed by atoms with Crippen LogP contribution in [0.25, 0.3) is 11.3 Å².